The van der Waals surface area contributed by atoms with Crippen LogP contribution in [0.1, 0.15) is 27.2 Å². The van der Waals surface area contributed by atoms with Gasteiger partial charge in [-0.15, -0.1) is 11.3 Å². The molecule has 2 aromatic rings. The Kier molecular flexibility index (Phi) is 4.14. The summed E-state index contributed by atoms with van der Waals surface area (Å²) >= 11 is 7.32. The molecule has 1 aromatic carbocycles. The Balaban J connectivity index is 1.42. The topological polar surface area (TPSA) is 23.6 Å². The van der Waals surface area contributed by atoms with E-state index in [2.05, 4.69) is 29.2 Å². The number of rotatable bonds is 2. The molecule has 3 nitrogen and oxygen atoms in total. The second kappa shape index (κ2) is 6.27. The summed E-state index contributed by atoms with van der Waals surface area (Å²) in [5, 5.41) is 0. The molecule has 5 heteroatoms. The predicted molar refractivity (Wildman–Crippen MR) is 94.2 cm³/mol. The first kappa shape index (κ1) is 15.2. The molecule has 0 radical (unpaired) electrons. The van der Waals surface area contributed by atoms with Crippen molar-refractivity contribution in [1.29, 1.82) is 0 Å². The van der Waals surface area contributed by atoms with E-state index in [4.69, 9.17) is 11.6 Å². The van der Waals surface area contributed by atoms with E-state index >= 15 is 0 Å². The molecule has 1 aromatic heterocycles. The minimum Gasteiger partial charge on any atom is -0.336 e. The highest BCUT2D eigenvalue weighted by Crippen LogP contribution is 2.27. The number of carbonyl (C=O) groups excluding carboxylic acids is 1. The highest BCUT2D eigenvalue weighted by molar-refractivity contribution is 7.17. The normalized spacial score (nSPS) is 21.4. The third kappa shape index (κ3) is 3.03. The highest BCUT2D eigenvalue weighted by atomic mass is 35.5. The van der Waals surface area contributed by atoms with Gasteiger partial charge in [-0.1, -0.05) is 35.9 Å². The number of hydrogen-bond donors (Lipinski definition) is 0. The van der Waals surface area contributed by atoms with Gasteiger partial charge in [-0.3, -0.25) is 9.69 Å². The Morgan fingerprint density at radius 2 is 1.96 bits per heavy atom. The van der Waals surface area contributed by atoms with E-state index in [1.165, 1.54) is 22.5 Å². The van der Waals surface area contributed by atoms with Crippen LogP contribution in [-0.4, -0.2) is 41.4 Å². The van der Waals surface area contributed by atoms with Crippen molar-refractivity contribution in [3.63, 3.8) is 0 Å². The monoisotopic (exact) mass is 346 g/mol. The molecule has 0 spiro atoms. The van der Waals surface area contributed by atoms with Gasteiger partial charge in [0.15, 0.2) is 0 Å². The Morgan fingerprint density at radius 3 is 2.74 bits per heavy atom. The number of likely N-dealkylation sites (tertiary alicyclic amines) is 1. The number of nitrogens with zero attached hydrogens (tertiary/aromatic N) is 2. The van der Waals surface area contributed by atoms with Crippen LogP contribution < -0.4 is 0 Å². The van der Waals surface area contributed by atoms with Crippen LogP contribution in [0, 0.1) is 0 Å². The van der Waals surface area contributed by atoms with Crippen molar-refractivity contribution in [2.75, 3.05) is 19.6 Å². The van der Waals surface area contributed by atoms with Crippen molar-refractivity contribution < 1.29 is 4.79 Å². The average molecular weight is 347 g/mol. The Morgan fingerprint density at radius 1 is 1.13 bits per heavy atom. The second-order valence-corrected chi connectivity index (χ2v) is 8.00. The highest BCUT2D eigenvalue weighted by Gasteiger charge is 2.32. The molecule has 1 atom stereocenters. The number of carbonyl (C=O) groups is 1. The SMILES string of the molecule is O=C(c1ccc(Cl)s1)N1CC[C@H](N2CCc3ccccc3C2)C1. The molecule has 3 heterocycles. The molecule has 23 heavy (non-hydrogen) atoms. The van der Waals surface area contributed by atoms with Crippen molar-refractivity contribution >= 4 is 28.8 Å². The summed E-state index contributed by atoms with van der Waals surface area (Å²) in [7, 11) is 0. The van der Waals surface area contributed by atoms with Gasteiger partial charge in [0.1, 0.15) is 0 Å². The van der Waals surface area contributed by atoms with Crippen molar-refractivity contribution in [1.82, 2.24) is 9.80 Å². The molecule has 0 aliphatic carbocycles. The predicted octanol–water partition coefficient (Wildman–Crippen LogP) is 3.67. The van der Waals surface area contributed by atoms with Crippen LogP contribution in [-0.2, 0) is 13.0 Å². The Labute approximate surface area is 145 Å². The molecule has 4 rings (SSSR count). The van der Waals surface area contributed by atoms with E-state index in [0.717, 1.165) is 43.9 Å². The molecule has 0 N–H and O–H groups in total. The minimum atomic E-state index is 0.127. The molecule has 0 saturated carbocycles. The van der Waals surface area contributed by atoms with Crippen LogP contribution in [0.3, 0.4) is 0 Å². The van der Waals surface area contributed by atoms with Crippen molar-refractivity contribution in [2.45, 2.75) is 25.4 Å². The largest absolute Gasteiger partial charge is 0.336 e. The van der Waals surface area contributed by atoms with Gasteiger partial charge >= 0.3 is 0 Å². The first-order valence-electron chi connectivity index (χ1n) is 8.06. The molecule has 120 valence electrons. The zero-order valence-electron chi connectivity index (χ0n) is 12.9. The van der Waals surface area contributed by atoms with Crippen molar-refractivity contribution in [2.24, 2.45) is 0 Å². The summed E-state index contributed by atoms with van der Waals surface area (Å²) in [6, 6.07) is 12.8. The van der Waals surface area contributed by atoms with Crippen molar-refractivity contribution in [3.8, 4) is 0 Å². The van der Waals surface area contributed by atoms with Gasteiger partial charge in [-0.2, -0.15) is 0 Å². The number of amides is 1. The molecular formula is C18H19ClN2OS. The number of hydrogen-bond acceptors (Lipinski definition) is 3. The zero-order valence-corrected chi connectivity index (χ0v) is 14.4. The Bertz CT molecular complexity index is 729. The third-order valence-corrected chi connectivity index (χ3v) is 6.13. The lowest BCUT2D eigenvalue weighted by molar-refractivity contribution is 0.0778. The molecule has 1 fully saturated rings. The maximum absolute atomic E-state index is 12.5. The first-order chi connectivity index (χ1) is 11.2. The molecule has 0 bridgehead atoms. The summed E-state index contributed by atoms with van der Waals surface area (Å²) in [5.41, 5.74) is 2.91. The van der Waals surface area contributed by atoms with Gasteiger partial charge < -0.3 is 4.90 Å². The fourth-order valence-electron chi connectivity index (χ4n) is 3.64. The number of halogens is 1. The summed E-state index contributed by atoms with van der Waals surface area (Å²) in [4.78, 5) is 17.8. The smallest absolute Gasteiger partial charge is 0.264 e. The van der Waals surface area contributed by atoms with Crippen LogP contribution in [0.5, 0.6) is 0 Å². The summed E-state index contributed by atoms with van der Waals surface area (Å²) in [6.45, 7) is 3.77. The summed E-state index contributed by atoms with van der Waals surface area (Å²) < 4.78 is 0.678. The van der Waals surface area contributed by atoms with Gasteiger partial charge in [0.05, 0.1) is 9.21 Å². The fraction of sp³-hybridized carbons (Fsp3) is 0.389. The zero-order chi connectivity index (χ0) is 15.8. The fourth-order valence-corrected chi connectivity index (χ4v) is 4.65. The molecule has 1 saturated heterocycles. The van der Waals surface area contributed by atoms with Crippen LogP contribution in [0.15, 0.2) is 36.4 Å². The van der Waals surface area contributed by atoms with E-state index in [9.17, 15) is 4.79 Å². The van der Waals surface area contributed by atoms with E-state index in [-0.39, 0.29) is 5.91 Å². The summed E-state index contributed by atoms with van der Waals surface area (Å²) in [5.74, 6) is 0.127. The minimum absolute atomic E-state index is 0.127. The Hall–Kier alpha value is -1.36. The second-order valence-electron chi connectivity index (χ2n) is 6.29. The first-order valence-corrected chi connectivity index (χ1v) is 9.25. The van der Waals surface area contributed by atoms with Crippen LogP contribution in [0.4, 0.5) is 0 Å². The lowest BCUT2D eigenvalue weighted by Crippen LogP contribution is -2.41. The maximum atomic E-state index is 12.5. The quantitative estimate of drug-likeness (QED) is 0.828. The third-order valence-electron chi connectivity index (χ3n) is 4.91. The van der Waals surface area contributed by atoms with Crippen LogP contribution >= 0.6 is 22.9 Å². The van der Waals surface area contributed by atoms with Gasteiger partial charge in [0, 0.05) is 32.2 Å². The van der Waals surface area contributed by atoms with E-state index < -0.39 is 0 Å². The lowest BCUT2D eigenvalue weighted by Gasteiger charge is -2.33. The van der Waals surface area contributed by atoms with Gasteiger partial charge in [0.2, 0.25) is 0 Å². The van der Waals surface area contributed by atoms with E-state index in [1.54, 1.807) is 6.07 Å². The number of benzene rings is 1. The molecule has 2 aliphatic heterocycles. The average Bonchev–Trinajstić information content (AvgIpc) is 3.23. The van der Waals surface area contributed by atoms with Crippen molar-refractivity contribution in [3.05, 3.63) is 56.7 Å². The number of thiophene rings is 1. The van der Waals surface area contributed by atoms with Gasteiger partial charge in [-0.05, 0) is 36.1 Å². The van der Waals surface area contributed by atoms with Crippen LogP contribution in [0.2, 0.25) is 4.34 Å². The van der Waals surface area contributed by atoms with Gasteiger partial charge in [-0.25, -0.2) is 0 Å². The molecule has 2 aliphatic rings. The lowest BCUT2D eigenvalue weighted by atomic mass is 9.98. The molecule has 0 unspecified atom stereocenters. The number of fused-ring (bicyclic) bond motifs is 1. The maximum Gasteiger partial charge on any atom is 0.264 e. The van der Waals surface area contributed by atoms with E-state index in [1.807, 2.05) is 11.0 Å². The summed E-state index contributed by atoms with van der Waals surface area (Å²) in [6.07, 6.45) is 2.17. The molecule has 1 amide bonds. The van der Waals surface area contributed by atoms with E-state index in [0.29, 0.717) is 10.4 Å². The standard InChI is InChI=1S/C18H19ClN2OS/c19-17-6-5-16(23-17)18(22)21-10-8-15(12-21)20-9-7-13-3-1-2-4-14(13)11-20/h1-6,15H,7-12H2/t15-/m0/s1. The molecular weight excluding hydrogens is 328 g/mol. The van der Waals surface area contributed by atoms with Crippen LogP contribution in [0.25, 0.3) is 0 Å². The van der Waals surface area contributed by atoms with Gasteiger partial charge in [0.25, 0.3) is 5.91 Å².